The molecule has 104 valence electrons. The molecular weight excluding hydrogens is 246 g/mol. The second kappa shape index (κ2) is 5.42. The highest BCUT2D eigenvalue weighted by atomic mass is 16.4. The molecule has 6 heteroatoms. The van der Waals surface area contributed by atoms with Gasteiger partial charge >= 0.3 is 5.97 Å². The fourth-order valence-corrected chi connectivity index (χ4v) is 2.72. The molecular formula is C13H19N3O3. The first-order valence-electron chi connectivity index (χ1n) is 6.45. The first kappa shape index (κ1) is 13.6. The van der Waals surface area contributed by atoms with Crippen molar-refractivity contribution in [1.29, 1.82) is 0 Å². The van der Waals surface area contributed by atoms with Gasteiger partial charge in [0.05, 0.1) is 18.4 Å². The Morgan fingerprint density at radius 1 is 1.47 bits per heavy atom. The number of carboxylic acids is 1. The van der Waals surface area contributed by atoms with E-state index in [9.17, 15) is 9.59 Å². The molecule has 6 nitrogen and oxygen atoms in total. The van der Waals surface area contributed by atoms with Crippen molar-refractivity contribution in [3.63, 3.8) is 0 Å². The van der Waals surface area contributed by atoms with Gasteiger partial charge < -0.3 is 15.0 Å². The number of aliphatic carboxylic acids is 1. The van der Waals surface area contributed by atoms with Gasteiger partial charge in [0.2, 0.25) is 5.91 Å². The van der Waals surface area contributed by atoms with Gasteiger partial charge in [0.15, 0.2) is 0 Å². The van der Waals surface area contributed by atoms with Crippen LogP contribution in [0.2, 0.25) is 0 Å². The molecule has 0 spiro atoms. The molecule has 3 atom stereocenters. The van der Waals surface area contributed by atoms with Crippen LogP contribution in [0, 0.1) is 17.8 Å². The molecule has 1 heterocycles. The average molecular weight is 265 g/mol. The Bertz CT molecular complexity index is 483. The van der Waals surface area contributed by atoms with Crippen molar-refractivity contribution in [1.82, 2.24) is 14.9 Å². The van der Waals surface area contributed by atoms with E-state index in [1.165, 1.54) is 0 Å². The zero-order valence-corrected chi connectivity index (χ0v) is 11.2. The zero-order chi connectivity index (χ0) is 14.0. The summed E-state index contributed by atoms with van der Waals surface area (Å²) in [6.45, 7) is 2.32. The summed E-state index contributed by atoms with van der Waals surface area (Å²) in [5.41, 5.74) is 0. The SMILES string of the molecule is CC1C[C@H](C(=O)NCc2nccn2C)[C@H](C(=O)O)C1. The second-order valence-corrected chi connectivity index (χ2v) is 5.30. The van der Waals surface area contributed by atoms with Crippen molar-refractivity contribution in [3.8, 4) is 0 Å². The van der Waals surface area contributed by atoms with Crippen LogP contribution in [-0.4, -0.2) is 26.5 Å². The minimum atomic E-state index is -0.874. The third-order valence-corrected chi connectivity index (χ3v) is 3.79. The highest BCUT2D eigenvalue weighted by molar-refractivity contribution is 5.85. The Labute approximate surface area is 111 Å². The van der Waals surface area contributed by atoms with Gasteiger partial charge in [0.25, 0.3) is 0 Å². The number of carbonyl (C=O) groups excluding carboxylic acids is 1. The van der Waals surface area contributed by atoms with E-state index in [-0.39, 0.29) is 11.8 Å². The van der Waals surface area contributed by atoms with Gasteiger partial charge in [0.1, 0.15) is 5.82 Å². The molecule has 1 saturated carbocycles. The quantitative estimate of drug-likeness (QED) is 0.842. The lowest BCUT2D eigenvalue weighted by molar-refractivity contribution is -0.146. The number of aryl methyl sites for hydroxylation is 1. The molecule has 0 aliphatic heterocycles. The largest absolute Gasteiger partial charge is 0.481 e. The number of carbonyl (C=O) groups is 2. The van der Waals surface area contributed by atoms with E-state index in [4.69, 9.17) is 5.11 Å². The fraction of sp³-hybridized carbons (Fsp3) is 0.615. The van der Waals surface area contributed by atoms with Gasteiger partial charge in [-0.25, -0.2) is 4.98 Å². The average Bonchev–Trinajstić information content (AvgIpc) is 2.92. The maximum Gasteiger partial charge on any atom is 0.307 e. The Hall–Kier alpha value is -1.85. The molecule has 1 amide bonds. The molecule has 0 aromatic carbocycles. The smallest absolute Gasteiger partial charge is 0.307 e. The lowest BCUT2D eigenvalue weighted by Crippen LogP contribution is -2.35. The number of aromatic nitrogens is 2. The Morgan fingerprint density at radius 2 is 2.16 bits per heavy atom. The molecule has 2 rings (SSSR count). The van der Waals surface area contributed by atoms with E-state index in [1.807, 2.05) is 18.5 Å². The molecule has 0 bridgehead atoms. The molecule has 1 aliphatic carbocycles. The standard InChI is InChI=1S/C13H19N3O3/c1-8-5-9(10(6-8)13(18)19)12(17)15-7-11-14-3-4-16(11)2/h3-4,8-10H,5-7H2,1-2H3,(H,15,17)(H,18,19)/t8?,9-,10+/m0/s1. The van der Waals surface area contributed by atoms with Crippen molar-refractivity contribution >= 4 is 11.9 Å². The normalized spacial score (nSPS) is 26.3. The highest BCUT2D eigenvalue weighted by Gasteiger charge is 2.41. The highest BCUT2D eigenvalue weighted by Crippen LogP contribution is 2.36. The van der Waals surface area contributed by atoms with Gasteiger partial charge in [-0.3, -0.25) is 9.59 Å². The second-order valence-electron chi connectivity index (χ2n) is 5.30. The summed E-state index contributed by atoms with van der Waals surface area (Å²) in [5.74, 6) is -0.998. The van der Waals surface area contributed by atoms with E-state index in [1.54, 1.807) is 12.4 Å². The number of nitrogens with one attached hydrogen (secondary N) is 1. The van der Waals surface area contributed by atoms with Gasteiger partial charge in [0, 0.05) is 19.4 Å². The fourth-order valence-electron chi connectivity index (χ4n) is 2.72. The van der Waals surface area contributed by atoms with Gasteiger partial charge in [-0.2, -0.15) is 0 Å². The molecule has 1 aromatic rings. The third kappa shape index (κ3) is 2.94. The molecule has 0 radical (unpaired) electrons. The van der Waals surface area contributed by atoms with Crippen LogP contribution in [0.4, 0.5) is 0 Å². The summed E-state index contributed by atoms with van der Waals surface area (Å²) in [6, 6.07) is 0. The molecule has 2 N–H and O–H groups in total. The molecule has 1 aromatic heterocycles. The number of imidazole rings is 1. The number of nitrogens with zero attached hydrogens (tertiary/aromatic N) is 2. The molecule has 1 fully saturated rings. The van der Waals surface area contributed by atoms with Crippen LogP contribution in [0.3, 0.4) is 0 Å². The van der Waals surface area contributed by atoms with Crippen LogP contribution in [0.25, 0.3) is 0 Å². The van der Waals surface area contributed by atoms with Crippen LogP contribution in [0.1, 0.15) is 25.6 Å². The molecule has 0 saturated heterocycles. The van der Waals surface area contributed by atoms with Crippen LogP contribution >= 0.6 is 0 Å². The number of hydrogen-bond acceptors (Lipinski definition) is 3. The maximum atomic E-state index is 12.1. The van der Waals surface area contributed by atoms with E-state index in [0.717, 1.165) is 5.82 Å². The van der Waals surface area contributed by atoms with Crippen molar-refractivity contribution in [3.05, 3.63) is 18.2 Å². The lowest BCUT2D eigenvalue weighted by Gasteiger charge is -2.15. The van der Waals surface area contributed by atoms with Crippen molar-refractivity contribution in [2.75, 3.05) is 0 Å². The maximum absolute atomic E-state index is 12.1. The first-order chi connectivity index (χ1) is 8.99. The predicted octanol–water partition coefficient (Wildman–Crippen LogP) is 0.783. The molecule has 19 heavy (non-hydrogen) atoms. The first-order valence-corrected chi connectivity index (χ1v) is 6.45. The summed E-state index contributed by atoms with van der Waals surface area (Å²) < 4.78 is 1.83. The van der Waals surface area contributed by atoms with Gasteiger partial charge in [-0.05, 0) is 18.8 Å². The van der Waals surface area contributed by atoms with Crippen molar-refractivity contribution in [2.24, 2.45) is 24.8 Å². The van der Waals surface area contributed by atoms with E-state index in [0.29, 0.717) is 19.4 Å². The summed E-state index contributed by atoms with van der Waals surface area (Å²) in [4.78, 5) is 27.4. The minimum Gasteiger partial charge on any atom is -0.481 e. The number of rotatable bonds is 4. The van der Waals surface area contributed by atoms with Crippen LogP contribution < -0.4 is 5.32 Å². The summed E-state index contributed by atoms with van der Waals surface area (Å²) in [5, 5.41) is 11.9. The Morgan fingerprint density at radius 3 is 2.74 bits per heavy atom. The Balaban J connectivity index is 1.96. The van der Waals surface area contributed by atoms with E-state index in [2.05, 4.69) is 10.3 Å². The molecule has 1 unspecified atom stereocenters. The predicted molar refractivity (Wildman–Crippen MR) is 68.1 cm³/mol. The lowest BCUT2D eigenvalue weighted by atomic mass is 9.95. The van der Waals surface area contributed by atoms with E-state index < -0.39 is 17.8 Å². The minimum absolute atomic E-state index is 0.181. The van der Waals surface area contributed by atoms with Crippen molar-refractivity contribution < 1.29 is 14.7 Å². The van der Waals surface area contributed by atoms with E-state index >= 15 is 0 Å². The van der Waals surface area contributed by atoms with Crippen LogP contribution in [-0.2, 0) is 23.2 Å². The summed E-state index contributed by atoms with van der Waals surface area (Å²) in [6.07, 6.45) is 4.69. The number of amides is 1. The number of carboxylic acid groups (broad SMARTS) is 1. The third-order valence-electron chi connectivity index (χ3n) is 3.79. The number of hydrogen-bond donors (Lipinski definition) is 2. The van der Waals surface area contributed by atoms with Crippen LogP contribution in [0.15, 0.2) is 12.4 Å². The van der Waals surface area contributed by atoms with Gasteiger partial charge in [-0.15, -0.1) is 0 Å². The van der Waals surface area contributed by atoms with Crippen molar-refractivity contribution in [2.45, 2.75) is 26.3 Å². The topological polar surface area (TPSA) is 84.2 Å². The van der Waals surface area contributed by atoms with Crippen LogP contribution in [0.5, 0.6) is 0 Å². The summed E-state index contributed by atoms with van der Waals surface area (Å²) in [7, 11) is 1.85. The van der Waals surface area contributed by atoms with Gasteiger partial charge in [-0.1, -0.05) is 6.92 Å². The Kier molecular flexibility index (Phi) is 3.87. The monoisotopic (exact) mass is 265 g/mol. The summed E-state index contributed by atoms with van der Waals surface area (Å²) >= 11 is 0. The zero-order valence-electron chi connectivity index (χ0n) is 11.2. The molecule has 1 aliphatic rings.